The van der Waals surface area contributed by atoms with Gasteiger partial charge in [-0.15, -0.1) is 0 Å². The Kier molecular flexibility index (Phi) is 11.0. The number of likely N-dealkylation sites (tertiary alicyclic amines) is 1. The van der Waals surface area contributed by atoms with Gasteiger partial charge in [-0.3, -0.25) is 9.89 Å². The average Bonchev–Trinajstić information content (AvgIpc) is 2.76. The van der Waals surface area contributed by atoms with Crippen LogP contribution in [0.1, 0.15) is 57.6 Å². The lowest BCUT2D eigenvalue weighted by atomic mass is 9.85. The van der Waals surface area contributed by atoms with E-state index in [9.17, 15) is 5.11 Å². The molecule has 6 nitrogen and oxygen atoms in total. The number of hydrogen-bond acceptors (Lipinski definition) is 4. The van der Waals surface area contributed by atoms with E-state index in [0.717, 1.165) is 57.2 Å². The van der Waals surface area contributed by atoms with Crippen LogP contribution in [0.3, 0.4) is 0 Å². The molecule has 3 unspecified atom stereocenters. The van der Waals surface area contributed by atoms with Crippen LogP contribution < -0.4 is 15.4 Å². The molecule has 0 amide bonds. The Morgan fingerprint density at radius 1 is 1.23 bits per heavy atom. The van der Waals surface area contributed by atoms with Crippen molar-refractivity contribution in [1.29, 1.82) is 0 Å². The van der Waals surface area contributed by atoms with E-state index in [2.05, 4.69) is 60.7 Å². The van der Waals surface area contributed by atoms with Crippen molar-refractivity contribution in [3.63, 3.8) is 0 Å². The number of nitrogens with zero attached hydrogens (tertiary/aromatic N) is 2. The summed E-state index contributed by atoms with van der Waals surface area (Å²) in [6, 6.07) is 8.90. The summed E-state index contributed by atoms with van der Waals surface area (Å²) in [7, 11) is 3.94. The Bertz CT molecular complexity index is 614. The predicted molar refractivity (Wildman–Crippen MR) is 125 cm³/mol. The largest absolute Gasteiger partial charge is 0.497 e. The minimum Gasteiger partial charge on any atom is -0.497 e. The quantitative estimate of drug-likeness (QED) is 0.379. The van der Waals surface area contributed by atoms with E-state index >= 15 is 0 Å². The number of methoxy groups -OCH3 is 1. The van der Waals surface area contributed by atoms with Gasteiger partial charge in [-0.1, -0.05) is 25.5 Å². The molecule has 30 heavy (non-hydrogen) atoms. The predicted octanol–water partition coefficient (Wildman–Crippen LogP) is 3.43. The highest BCUT2D eigenvalue weighted by atomic mass is 16.5. The fourth-order valence-electron chi connectivity index (χ4n) is 4.51. The Morgan fingerprint density at radius 3 is 2.63 bits per heavy atom. The second-order valence-electron chi connectivity index (χ2n) is 8.37. The van der Waals surface area contributed by atoms with Gasteiger partial charge in [0.2, 0.25) is 0 Å². The van der Waals surface area contributed by atoms with Crippen LogP contribution in [0.2, 0.25) is 0 Å². The highest BCUT2D eigenvalue weighted by Crippen LogP contribution is 2.35. The molecule has 3 atom stereocenters. The first-order valence-electron chi connectivity index (χ1n) is 11.6. The summed E-state index contributed by atoms with van der Waals surface area (Å²) in [5, 5.41) is 16.3. The SMILES string of the molecule is CCCC(CCO)CN=C(NCC)NCC1CCCN(C)C1c1ccc(OC)cc1. The van der Waals surface area contributed by atoms with Gasteiger partial charge in [0.1, 0.15) is 5.75 Å². The lowest BCUT2D eigenvalue weighted by molar-refractivity contribution is 0.122. The molecule has 0 radical (unpaired) electrons. The third-order valence-electron chi connectivity index (χ3n) is 6.08. The van der Waals surface area contributed by atoms with Crippen molar-refractivity contribution in [2.24, 2.45) is 16.8 Å². The van der Waals surface area contributed by atoms with Crippen molar-refractivity contribution < 1.29 is 9.84 Å². The molecule has 2 rings (SSSR count). The zero-order valence-corrected chi connectivity index (χ0v) is 19.4. The molecule has 1 aliphatic rings. The Labute approximate surface area is 183 Å². The number of aliphatic hydroxyl groups excluding tert-OH is 1. The van der Waals surface area contributed by atoms with Crippen LogP contribution in [0.25, 0.3) is 0 Å². The van der Waals surface area contributed by atoms with Crippen LogP contribution >= 0.6 is 0 Å². The van der Waals surface area contributed by atoms with Gasteiger partial charge in [-0.05, 0) is 75.7 Å². The number of benzene rings is 1. The van der Waals surface area contributed by atoms with Crippen LogP contribution in [-0.4, -0.2) is 62.9 Å². The second-order valence-corrected chi connectivity index (χ2v) is 8.37. The number of nitrogens with one attached hydrogen (secondary N) is 2. The van der Waals surface area contributed by atoms with Gasteiger partial charge in [0.25, 0.3) is 0 Å². The molecule has 1 aromatic rings. The van der Waals surface area contributed by atoms with Crippen LogP contribution in [-0.2, 0) is 0 Å². The molecule has 0 aliphatic carbocycles. The number of piperidine rings is 1. The number of ether oxygens (including phenoxy) is 1. The molecule has 1 aromatic carbocycles. The standard InChI is InChI=1S/C24H42N4O2/c1-5-8-19(14-16-29)17-26-24(25-6-2)27-18-21-9-7-15-28(3)23(21)20-10-12-22(30-4)13-11-20/h10-13,19,21,23,29H,5-9,14-18H2,1-4H3,(H2,25,26,27). The van der Waals surface area contributed by atoms with Gasteiger partial charge in [-0.2, -0.15) is 0 Å². The van der Waals surface area contributed by atoms with Gasteiger partial charge in [0.15, 0.2) is 5.96 Å². The summed E-state index contributed by atoms with van der Waals surface area (Å²) in [6.07, 6.45) is 5.48. The van der Waals surface area contributed by atoms with E-state index in [1.165, 1.54) is 18.4 Å². The molecule has 3 N–H and O–H groups in total. The molecule has 1 heterocycles. The van der Waals surface area contributed by atoms with Crippen molar-refractivity contribution >= 4 is 5.96 Å². The molecule has 1 saturated heterocycles. The number of aliphatic imine (C=N–C) groups is 1. The Hall–Kier alpha value is -1.79. The first kappa shape index (κ1) is 24.5. The zero-order valence-electron chi connectivity index (χ0n) is 19.4. The zero-order chi connectivity index (χ0) is 21.8. The van der Waals surface area contributed by atoms with Crippen LogP contribution in [0, 0.1) is 11.8 Å². The summed E-state index contributed by atoms with van der Waals surface area (Å²) < 4.78 is 5.33. The van der Waals surface area contributed by atoms with Gasteiger partial charge >= 0.3 is 0 Å². The minimum atomic E-state index is 0.238. The summed E-state index contributed by atoms with van der Waals surface area (Å²) >= 11 is 0. The van der Waals surface area contributed by atoms with Gasteiger partial charge in [-0.25, -0.2) is 0 Å². The molecular weight excluding hydrogens is 376 g/mol. The topological polar surface area (TPSA) is 69.1 Å². The van der Waals surface area contributed by atoms with Gasteiger partial charge in [0, 0.05) is 32.3 Å². The minimum absolute atomic E-state index is 0.238. The lowest BCUT2D eigenvalue weighted by Crippen LogP contribution is -2.45. The molecule has 1 fully saturated rings. The number of guanidine groups is 1. The Balaban J connectivity index is 2.04. The van der Waals surface area contributed by atoms with Crippen molar-refractivity contribution in [1.82, 2.24) is 15.5 Å². The molecule has 0 saturated carbocycles. The number of hydrogen-bond donors (Lipinski definition) is 3. The molecule has 0 aromatic heterocycles. The van der Waals surface area contributed by atoms with Gasteiger partial charge in [0.05, 0.1) is 7.11 Å². The van der Waals surface area contributed by atoms with Crippen molar-refractivity contribution in [3.05, 3.63) is 29.8 Å². The fourth-order valence-corrected chi connectivity index (χ4v) is 4.51. The summed E-state index contributed by atoms with van der Waals surface area (Å²) in [5.41, 5.74) is 1.35. The van der Waals surface area contributed by atoms with E-state index in [1.54, 1.807) is 7.11 Å². The molecule has 1 aliphatic heterocycles. The van der Waals surface area contributed by atoms with Crippen molar-refractivity contribution in [2.45, 2.75) is 52.0 Å². The van der Waals surface area contributed by atoms with E-state index in [4.69, 9.17) is 9.73 Å². The lowest BCUT2D eigenvalue weighted by Gasteiger charge is -2.40. The smallest absolute Gasteiger partial charge is 0.191 e. The summed E-state index contributed by atoms with van der Waals surface area (Å²) in [4.78, 5) is 7.30. The van der Waals surface area contributed by atoms with Crippen molar-refractivity contribution in [2.75, 3.05) is 46.9 Å². The third kappa shape index (κ3) is 7.47. The van der Waals surface area contributed by atoms with E-state index in [0.29, 0.717) is 17.9 Å². The summed E-state index contributed by atoms with van der Waals surface area (Å²) in [6.45, 7) is 8.15. The third-order valence-corrected chi connectivity index (χ3v) is 6.08. The maximum atomic E-state index is 9.31. The Morgan fingerprint density at radius 2 is 2.00 bits per heavy atom. The molecule has 0 bridgehead atoms. The van der Waals surface area contributed by atoms with Crippen molar-refractivity contribution in [3.8, 4) is 5.75 Å². The normalized spacial score (nSPS) is 21.3. The molecule has 170 valence electrons. The van der Waals surface area contributed by atoms with Crippen LogP contribution in [0.5, 0.6) is 5.75 Å². The van der Waals surface area contributed by atoms with E-state index < -0.39 is 0 Å². The number of rotatable bonds is 11. The fraction of sp³-hybridized carbons (Fsp3) is 0.708. The van der Waals surface area contributed by atoms with E-state index in [1.807, 2.05) is 0 Å². The second kappa shape index (κ2) is 13.5. The summed E-state index contributed by atoms with van der Waals surface area (Å²) in [5.74, 6) is 2.75. The highest BCUT2D eigenvalue weighted by molar-refractivity contribution is 5.79. The molecule has 6 heteroatoms. The van der Waals surface area contributed by atoms with Crippen LogP contribution in [0.15, 0.2) is 29.3 Å². The maximum absolute atomic E-state index is 9.31. The molecular formula is C24H42N4O2. The first-order valence-corrected chi connectivity index (χ1v) is 11.6. The highest BCUT2D eigenvalue weighted by Gasteiger charge is 2.30. The van der Waals surface area contributed by atoms with Crippen LogP contribution in [0.4, 0.5) is 0 Å². The average molecular weight is 419 g/mol. The first-order chi connectivity index (χ1) is 14.6. The maximum Gasteiger partial charge on any atom is 0.191 e. The van der Waals surface area contributed by atoms with Gasteiger partial charge < -0.3 is 20.5 Å². The molecule has 0 spiro atoms. The van der Waals surface area contributed by atoms with E-state index in [-0.39, 0.29) is 6.61 Å². The monoisotopic (exact) mass is 418 g/mol. The number of aliphatic hydroxyl groups is 1.